The molecule has 0 fully saturated rings. The van der Waals surface area contributed by atoms with E-state index < -0.39 is 11.9 Å². The molecular weight excluding hydrogens is 279 g/mol. The fourth-order valence-corrected chi connectivity index (χ4v) is 1.61. The van der Waals surface area contributed by atoms with Gasteiger partial charge in [-0.1, -0.05) is 18.2 Å². The van der Waals surface area contributed by atoms with Crippen LogP contribution in [0.25, 0.3) is 0 Å². The molecule has 0 N–H and O–H groups in total. The Balaban J connectivity index is 0.00000220. The molecule has 0 spiro atoms. The van der Waals surface area contributed by atoms with E-state index >= 15 is 0 Å². The van der Waals surface area contributed by atoms with E-state index in [4.69, 9.17) is 9.47 Å². The summed E-state index contributed by atoms with van der Waals surface area (Å²) < 4.78 is 10.1. The van der Waals surface area contributed by atoms with Gasteiger partial charge in [0.05, 0.1) is 17.7 Å². The molecule has 0 bridgehead atoms. The molecule has 0 heterocycles. The molecule has 0 aliphatic rings. The number of ether oxygens (including phenoxy) is 2. The maximum atomic E-state index is 11.8. The third-order valence-electron chi connectivity index (χ3n) is 2.59. The Bertz CT molecular complexity index is 593. The van der Waals surface area contributed by atoms with Crippen LogP contribution in [-0.2, 0) is 4.74 Å². The van der Waals surface area contributed by atoms with Crippen LogP contribution in [0.2, 0.25) is 0 Å². The number of carbonyl (C=O) groups is 2. The van der Waals surface area contributed by atoms with Crippen LogP contribution in [-0.4, -0.2) is 48.1 Å². The Hall–Kier alpha value is -1.62. The molecule has 5 heteroatoms. The first-order valence-electron chi connectivity index (χ1n) is 6.25. The summed E-state index contributed by atoms with van der Waals surface area (Å²) in [4.78, 5) is 23.3. The van der Waals surface area contributed by atoms with Gasteiger partial charge in [0.15, 0.2) is 0 Å². The zero-order chi connectivity index (χ0) is 14.4. The summed E-state index contributed by atoms with van der Waals surface area (Å²) in [6.07, 6.45) is 0. The van der Waals surface area contributed by atoms with Crippen molar-refractivity contribution in [2.45, 2.75) is 6.92 Å². The summed E-state index contributed by atoms with van der Waals surface area (Å²) in [6.45, 7) is 2.07. The quantitative estimate of drug-likeness (QED) is 0.494. The Morgan fingerprint density at radius 2 is 1.43 bits per heavy atom. The number of rotatable bonds is 4. The monoisotopic (exact) mass is 294 g/mol. The Kier molecular flexibility index (Phi) is 7.15. The molecule has 0 unspecified atom stereocenters. The van der Waals surface area contributed by atoms with E-state index in [-0.39, 0.29) is 29.6 Å². The molecule has 2 aromatic rings. The van der Waals surface area contributed by atoms with E-state index in [0.717, 1.165) is 0 Å². The van der Waals surface area contributed by atoms with Crippen LogP contribution in [0.4, 0.5) is 0 Å². The van der Waals surface area contributed by atoms with Crippen LogP contribution in [0.1, 0.15) is 27.6 Å². The van der Waals surface area contributed by atoms with Gasteiger partial charge in [0.2, 0.25) is 0 Å². The molecule has 0 aliphatic carbocycles. The van der Waals surface area contributed by atoms with Gasteiger partial charge in [-0.2, -0.15) is 0 Å². The van der Waals surface area contributed by atoms with Crippen LogP contribution >= 0.6 is 0 Å². The van der Waals surface area contributed by atoms with E-state index in [1.54, 1.807) is 55.5 Å². The van der Waals surface area contributed by atoms with Crippen molar-refractivity contribution in [3.05, 3.63) is 65.7 Å². The fraction of sp³-hybridized carbons (Fsp3) is 0.125. The number of hydrogen-bond acceptors (Lipinski definition) is 4. The van der Waals surface area contributed by atoms with E-state index in [2.05, 4.69) is 0 Å². The average molecular weight is 294 g/mol. The molecule has 0 radical (unpaired) electrons. The predicted octanol–water partition coefficient (Wildman–Crippen LogP) is 2.43. The average Bonchev–Trinajstić information content (AvgIpc) is 2.49. The molecule has 0 saturated carbocycles. The van der Waals surface area contributed by atoms with Crippen LogP contribution < -0.4 is 4.74 Å². The van der Waals surface area contributed by atoms with Crippen molar-refractivity contribution in [2.75, 3.05) is 6.61 Å². The van der Waals surface area contributed by atoms with Crippen molar-refractivity contribution in [1.82, 2.24) is 0 Å². The normalized spacial score (nSPS) is 9.38. The third kappa shape index (κ3) is 5.01. The van der Waals surface area contributed by atoms with Crippen molar-refractivity contribution in [3.8, 4) is 5.75 Å². The standard InChI is InChI=1S/C16H14O4.Na.H/c1-2-19-15(17)13-8-10-14(11-9-13)20-16(18)12-6-4-3-5-7-12;;/h3-11H,2H2,1H3;;. The molecule has 0 aliphatic heterocycles. The van der Waals surface area contributed by atoms with Gasteiger partial charge in [-0.15, -0.1) is 0 Å². The van der Waals surface area contributed by atoms with E-state index in [1.807, 2.05) is 6.07 Å². The molecule has 0 saturated heterocycles. The van der Waals surface area contributed by atoms with Gasteiger partial charge >= 0.3 is 41.5 Å². The van der Waals surface area contributed by atoms with Gasteiger partial charge in [-0.05, 0) is 43.3 Å². The second kappa shape index (κ2) is 8.62. The van der Waals surface area contributed by atoms with Crippen molar-refractivity contribution >= 4 is 41.5 Å². The van der Waals surface area contributed by atoms with Gasteiger partial charge in [0.1, 0.15) is 5.75 Å². The summed E-state index contributed by atoms with van der Waals surface area (Å²) in [5, 5.41) is 0. The van der Waals surface area contributed by atoms with Crippen molar-refractivity contribution in [1.29, 1.82) is 0 Å². The predicted molar refractivity (Wildman–Crippen MR) is 80.9 cm³/mol. The molecule has 0 aromatic heterocycles. The molecule has 0 atom stereocenters. The van der Waals surface area contributed by atoms with Crippen LogP contribution in [0.5, 0.6) is 5.75 Å². The molecule has 2 rings (SSSR count). The zero-order valence-electron chi connectivity index (χ0n) is 11.0. The molecule has 2 aromatic carbocycles. The maximum absolute atomic E-state index is 11.8. The van der Waals surface area contributed by atoms with E-state index in [9.17, 15) is 9.59 Å². The topological polar surface area (TPSA) is 52.6 Å². The molecule has 4 nitrogen and oxygen atoms in total. The molecule has 0 amide bonds. The number of hydrogen-bond donors (Lipinski definition) is 0. The van der Waals surface area contributed by atoms with Gasteiger partial charge in [0, 0.05) is 0 Å². The molecular formula is C16H15NaO4. The summed E-state index contributed by atoms with van der Waals surface area (Å²) in [6, 6.07) is 15.0. The fourth-order valence-electron chi connectivity index (χ4n) is 1.61. The SMILES string of the molecule is CCOC(=O)c1ccc(OC(=O)c2ccccc2)cc1.[NaH]. The Morgan fingerprint density at radius 1 is 0.857 bits per heavy atom. The first-order valence-corrected chi connectivity index (χ1v) is 6.25. The van der Waals surface area contributed by atoms with Crippen LogP contribution in [0, 0.1) is 0 Å². The van der Waals surface area contributed by atoms with Crippen molar-refractivity contribution in [2.24, 2.45) is 0 Å². The van der Waals surface area contributed by atoms with E-state index in [0.29, 0.717) is 23.5 Å². The van der Waals surface area contributed by atoms with Crippen LogP contribution in [0.3, 0.4) is 0 Å². The second-order valence-corrected chi connectivity index (χ2v) is 4.00. The van der Waals surface area contributed by atoms with Gasteiger partial charge in [-0.3, -0.25) is 0 Å². The second-order valence-electron chi connectivity index (χ2n) is 4.00. The van der Waals surface area contributed by atoms with Crippen molar-refractivity contribution < 1.29 is 19.1 Å². The van der Waals surface area contributed by atoms with Gasteiger partial charge < -0.3 is 9.47 Å². The number of carbonyl (C=O) groups excluding carboxylic acids is 2. The van der Waals surface area contributed by atoms with Crippen molar-refractivity contribution in [3.63, 3.8) is 0 Å². The minimum absolute atomic E-state index is 0. The number of esters is 2. The first-order chi connectivity index (χ1) is 9.70. The van der Waals surface area contributed by atoms with Gasteiger partial charge in [-0.25, -0.2) is 9.59 Å². The molecule has 104 valence electrons. The summed E-state index contributed by atoms with van der Waals surface area (Å²) in [7, 11) is 0. The Labute approximate surface area is 145 Å². The summed E-state index contributed by atoms with van der Waals surface area (Å²) >= 11 is 0. The van der Waals surface area contributed by atoms with E-state index in [1.165, 1.54) is 0 Å². The minimum atomic E-state index is -0.436. The summed E-state index contributed by atoms with van der Waals surface area (Å²) in [5.41, 5.74) is 0.897. The van der Waals surface area contributed by atoms with Gasteiger partial charge in [0.25, 0.3) is 0 Å². The third-order valence-corrected chi connectivity index (χ3v) is 2.59. The van der Waals surface area contributed by atoms with Crippen LogP contribution in [0.15, 0.2) is 54.6 Å². The molecule has 21 heavy (non-hydrogen) atoms. The summed E-state index contributed by atoms with van der Waals surface area (Å²) in [5.74, 6) is -0.449. The first kappa shape index (κ1) is 17.4. The Morgan fingerprint density at radius 3 is 2.00 bits per heavy atom. The zero-order valence-corrected chi connectivity index (χ0v) is 11.0. The number of benzene rings is 2.